The van der Waals surface area contributed by atoms with E-state index in [0.29, 0.717) is 26.1 Å². The minimum absolute atomic E-state index is 0.0545. The van der Waals surface area contributed by atoms with Gasteiger partial charge in [-0.1, -0.05) is 56.3 Å². The molecule has 1 aliphatic heterocycles. The molecule has 2 aromatic carbocycles. The number of carbonyl (C=O) groups is 2. The molecular weight excluding hydrogens is 472 g/mol. The van der Waals surface area contributed by atoms with Crippen LogP contribution in [-0.2, 0) is 31.8 Å². The van der Waals surface area contributed by atoms with Gasteiger partial charge in [0.1, 0.15) is 12.3 Å². The molecule has 2 aromatic rings. The first-order chi connectivity index (χ1) is 16.5. The fourth-order valence-corrected chi connectivity index (χ4v) is 5.04. The molecular formula is C25H32N2O7S. The summed E-state index contributed by atoms with van der Waals surface area (Å²) in [6.45, 7) is 5.72. The van der Waals surface area contributed by atoms with Gasteiger partial charge in [-0.15, -0.1) is 0 Å². The summed E-state index contributed by atoms with van der Waals surface area (Å²) in [6, 6.07) is 16.4. The van der Waals surface area contributed by atoms with Crippen molar-refractivity contribution in [3.63, 3.8) is 0 Å². The third kappa shape index (κ3) is 7.51. The summed E-state index contributed by atoms with van der Waals surface area (Å²) in [5, 5.41) is 11.5. The van der Waals surface area contributed by atoms with Crippen molar-refractivity contribution in [3.05, 3.63) is 65.7 Å². The molecule has 1 aliphatic rings. The Morgan fingerprint density at radius 3 is 2.54 bits per heavy atom. The first kappa shape index (κ1) is 26.7. The molecule has 1 saturated heterocycles. The van der Waals surface area contributed by atoms with E-state index in [4.69, 9.17) is 9.66 Å². The molecule has 0 aliphatic carbocycles. The van der Waals surface area contributed by atoms with Gasteiger partial charge in [-0.05, 0) is 54.0 Å². The second-order valence-corrected chi connectivity index (χ2v) is 10.4. The van der Waals surface area contributed by atoms with Gasteiger partial charge in [0.15, 0.2) is 0 Å². The van der Waals surface area contributed by atoms with Crippen molar-refractivity contribution in [1.82, 2.24) is 10.2 Å². The van der Waals surface area contributed by atoms with Crippen LogP contribution in [0.25, 0.3) is 0 Å². The maximum absolute atomic E-state index is 12.8. The van der Waals surface area contributed by atoms with Crippen LogP contribution in [0.5, 0.6) is 5.75 Å². The molecule has 1 amide bonds. The van der Waals surface area contributed by atoms with Crippen LogP contribution in [0.3, 0.4) is 0 Å². The second kappa shape index (κ2) is 11.2. The predicted molar refractivity (Wildman–Crippen MR) is 130 cm³/mol. The zero-order chi connectivity index (χ0) is 25.6. The van der Waals surface area contributed by atoms with E-state index < -0.39 is 28.8 Å². The van der Waals surface area contributed by atoms with Gasteiger partial charge in [0.05, 0.1) is 5.92 Å². The summed E-state index contributed by atoms with van der Waals surface area (Å²) in [4.78, 5) is 26.0. The van der Waals surface area contributed by atoms with Crippen molar-refractivity contribution < 1.29 is 31.8 Å². The number of carboxylic acids is 1. The molecule has 0 radical (unpaired) electrons. The molecule has 1 heterocycles. The maximum Gasteiger partial charge on any atom is 0.446 e. The molecule has 9 nitrogen and oxygen atoms in total. The van der Waals surface area contributed by atoms with Gasteiger partial charge < -0.3 is 19.5 Å². The lowest BCUT2D eigenvalue weighted by atomic mass is 9.68. The lowest BCUT2D eigenvalue weighted by Crippen LogP contribution is -2.50. The molecule has 3 atom stereocenters. The van der Waals surface area contributed by atoms with E-state index in [1.165, 1.54) is 6.07 Å². The summed E-state index contributed by atoms with van der Waals surface area (Å²) < 4.78 is 35.9. The number of rotatable bonds is 10. The summed E-state index contributed by atoms with van der Waals surface area (Å²) in [7, 11) is -4.61. The fourth-order valence-electron chi connectivity index (χ4n) is 4.69. The van der Waals surface area contributed by atoms with Crippen molar-refractivity contribution in [2.45, 2.75) is 32.1 Å². The molecule has 0 unspecified atom stereocenters. The van der Waals surface area contributed by atoms with Crippen LogP contribution in [0.4, 0.5) is 0 Å². The van der Waals surface area contributed by atoms with Gasteiger partial charge >= 0.3 is 16.4 Å². The van der Waals surface area contributed by atoms with Crippen LogP contribution >= 0.6 is 0 Å². The molecule has 0 saturated carbocycles. The van der Waals surface area contributed by atoms with Gasteiger partial charge in [-0.25, -0.2) is 0 Å². The van der Waals surface area contributed by atoms with Crippen molar-refractivity contribution in [3.8, 4) is 5.75 Å². The molecule has 10 heteroatoms. The van der Waals surface area contributed by atoms with Crippen molar-refractivity contribution in [2.75, 3.05) is 26.2 Å². The van der Waals surface area contributed by atoms with Crippen molar-refractivity contribution >= 4 is 22.3 Å². The first-order valence-electron chi connectivity index (χ1n) is 11.5. The number of nitrogens with zero attached hydrogens (tertiary/aromatic N) is 1. The molecule has 0 aromatic heterocycles. The standard InChI is InChI=1S/C25H32N2O7S/c1-18-16-27(12-11-25(18,2)21-9-6-10-22(14-21)34-35(31,32)33)17-20(24(30)26-15-23(28)29)13-19-7-4-3-5-8-19/h3-10,14,18,20H,11-13,15-17H2,1-2H3,(H,26,30)(H,28,29)(H,31,32,33)/t18-,20-,25+/m0/s1. The highest BCUT2D eigenvalue weighted by atomic mass is 32.3. The Balaban J connectivity index is 1.72. The molecule has 190 valence electrons. The van der Waals surface area contributed by atoms with Crippen LogP contribution in [-0.4, -0.2) is 61.0 Å². The number of nitrogens with one attached hydrogen (secondary N) is 1. The van der Waals surface area contributed by atoms with E-state index in [9.17, 15) is 18.0 Å². The Morgan fingerprint density at radius 2 is 1.91 bits per heavy atom. The minimum Gasteiger partial charge on any atom is -0.480 e. The molecule has 0 bridgehead atoms. The number of hydrogen-bond acceptors (Lipinski definition) is 6. The van der Waals surface area contributed by atoms with Crippen molar-refractivity contribution in [1.29, 1.82) is 0 Å². The number of likely N-dealkylation sites (tertiary alicyclic amines) is 1. The number of carbonyl (C=O) groups excluding carboxylic acids is 1. The smallest absolute Gasteiger partial charge is 0.446 e. The highest BCUT2D eigenvalue weighted by Crippen LogP contribution is 2.40. The SMILES string of the molecule is C[C@H]1CN(C[C@H](Cc2ccccc2)C(=O)NCC(=O)O)CC[C@@]1(C)c1cccc(OS(=O)(=O)O)c1. The Labute approximate surface area is 206 Å². The van der Waals surface area contributed by atoms with Crippen LogP contribution in [0.1, 0.15) is 31.4 Å². The van der Waals surface area contributed by atoms with E-state index in [1.807, 2.05) is 36.4 Å². The van der Waals surface area contributed by atoms with Crippen LogP contribution in [0.15, 0.2) is 54.6 Å². The normalized spacial score (nSPS) is 21.7. The molecule has 3 rings (SSSR count). The minimum atomic E-state index is -4.61. The van der Waals surface area contributed by atoms with Crippen LogP contribution in [0.2, 0.25) is 0 Å². The summed E-state index contributed by atoms with van der Waals surface area (Å²) >= 11 is 0. The average Bonchev–Trinajstić information content (AvgIpc) is 2.79. The fraction of sp³-hybridized carbons (Fsp3) is 0.440. The lowest BCUT2D eigenvalue weighted by molar-refractivity contribution is -0.138. The van der Waals surface area contributed by atoms with E-state index in [-0.39, 0.29) is 23.0 Å². The van der Waals surface area contributed by atoms with Crippen molar-refractivity contribution in [2.24, 2.45) is 11.8 Å². The predicted octanol–water partition coefficient (Wildman–Crippen LogP) is 2.53. The third-order valence-electron chi connectivity index (χ3n) is 6.85. The van der Waals surface area contributed by atoms with Gasteiger partial charge in [0.25, 0.3) is 0 Å². The topological polar surface area (TPSA) is 133 Å². The monoisotopic (exact) mass is 504 g/mol. The highest BCUT2D eigenvalue weighted by Gasteiger charge is 2.39. The van der Waals surface area contributed by atoms with Crippen LogP contribution < -0.4 is 9.50 Å². The van der Waals surface area contributed by atoms with Gasteiger partial charge in [-0.3, -0.25) is 14.1 Å². The Kier molecular flexibility index (Phi) is 8.52. The number of carboxylic acid groups (broad SMARTS) is 1. The number of aliphatic carboxylic acids is 1. The van der Waals surface area contributed by atoms with Gasteiger partial charge in [0, 0.05) is 13.1 Å². The zero-order valence-corrected chi connectivity index (χ0v) is 20.7. The number of amides is 1. The van der Waals surface area contributed by atoms with Gasteiger partial charge in [0.2, 0.25) is 5.91 Å². The first-order valence-corrected chi connectivity index (χ1v) is 12.9. The third-order valence-corrected chi connectivity index (χ3v) is 7.25. The van der Waals surface area contributed by atoms with Crippen LogP contribution in [0, 0.1) is 11.8 Å². The molecule has 3 N–H and O–H groups in total. The highest BCUT2D eigenvalue weighted by molar-refractivity contribution is 7.81. The lowest BCUT2D eigenvalue weighted by Gasteiger charge is -2.45. The van der Waals surface area contributed by atoms with E-state index in [1.54, 1.807) is 12.1 Å². The number of hydrogen-bond donors (Lipinski definition) is 3. The summed E-state index contributed by atoms with van der Waals surface area (Å²) in [5.41, 5.74) is 1.65. The van der Waals surface area contributed by atoms with E-state index in [0.717, 1.165) is 17.5 Å². The Hall–Kier alpha value is -2.95. The quantitative estimate of drug-likeness (QED) is 0.421. The Morgan fingerprint density at radius 1 is 1.20 bits per heavy atom. The summed E-state index contributed by atoms with van der Waals surface area (Å²) in [5.74, 6) is -1.55. The van der Waals surface area contributed by atoms with Gasteiger partial charge in [-0.2, -0.15) is 8.42 Å². The number of piperidine rings is 1. The summed E-state index contributed by atoms with van der Waals surface area (Å²) in [6.07, 6.45) is 1.27. The zero-order valence-electron chi connectivity index (χ0n) is 19.9. The second-order valence-electron chi connectivity index (χ2n) is 9.37. The maximum atomic E-state index is 12.8. The molecule has 35 heavy (non-hydrogen) atoms. The Bertz CT molecular complexity index is 1140. The molecule has 0 spiro atoms. The average molecular weight is 505 g/mol. The number of benzene rings is 2. The van der Waals surface area contributed by atoms with E-state index in [2.05, 4.69) is 28.2 Å². The van der Waals surface area contributed by atoms with E-state index >= 15 is 0 Å². The molecule has 1 fully saturated rings. The largest absolute Gasteiger partial charge is 0.480 e.